The van der Waals surface area contributed by atoms with Gasteiger partial charge in [-0.25, -0.2) is 0 Å². The minimum Gasteiger partial charge on any atom is -0.377 e. The largest absolute Gasteiger partial charge is 0.377 e. The molecule has 5 heteroatoms. The first kappa shape index (κ1) is 13.1. The molecule has 1 aromatic carbocycles. The van der Waals surface area contributed by atoms with Crippen LogP contribution in [0, 0.1) is 0 Å². The summed E-state index contributed by atoms with van der Waals surface area (Å²) in [6, 6.07) is 14.4. The third kappa shape index (κ3) is 2.81. The summed E-state index contributed by atoms with van der Waals surface area (Å²) in [5, 5.41) is 2.12. The number of benzene rings is 1. The van der Waals surface area contributed by atoms with Gasteiger partial charge in [0.15, 0.2) is 5.75 Å². The molecular weight excluding hydrogens is 266 g/mol. The summed E-state index contributed by atoms with van der Waals surface area (Å²) < 4.78 is 0. The lowest BCUT2D eigenvalue weighted by molar-refractivity contribution is -0.0142. The van der Waals surface area contributed by atoms with E-state index in [-0.39, 0.29) is 5.91 Å². The summed E-state index contributed by atoms with van der Waals surface area (Å²) in [6.07, 6.45) is 3.31. The van der Waals surface area contributed by atoms with Crippen LogP contribution in [0.15, 0.2) is 60.9 Å². The minimum atomic E-state index is -0.304. The van der Waals surface area contributed by atoms with Gasteiger partial charge in [-0.2, -0.15) is 5.06 Å². The molecule has 0 unspecified atom stereocenters. The Morgan fingerprint density at radius 2 is 1.90 bits per heavy atom. The first-order valence-electron chi connectivity index (χ1n) is 6.46. The molecule has 0 saturated carbocycles. The zero-order valence-electron chi connectivity index (χ0n) is 11.4. The molecule has 0 aliphatic rings. The highest BCUT2D eigenvalue weighted by atomic mass is 16.7. The lowest BCUT2D eigenvalue weighted by atomic mass is 10.2. The molecular formula is C16H13N3O2. The maximum Gasteiger partial charge on any atom is 0.304 e. The first-order chi connectivity index (χ1) is 10.2. The van der Waals surface area contributed by atoms with Crippen LogP contribution >= 0.6 is 0 Å². The maximum atomic E-state index is 12.1. The highest BCUT2D eigenvalue weighted by molar-refractivity contribution is 5.91. The van der Waals surface area contributed by atoms with Gasteiger partial charge in [0.05, 0.1) is 5.52 Å². The number of pyridine rings is 2. The maximum absolute atomic E-state index is 12.1. The Morgan fingerprint density at radius 3 is 2.71 bits per heavy atom. The Hall–Kier alpha value is -2.95. The second-order valence-corrected chi connectivity index (χ2v) is 4.47. The molecule has 0 N–H and O–H groups in total. The number of hydroxylamine groups is 2. The quantitative estimate of drug-likeness (QED) is 0.692. The zero-order valence-corrected chi connectivity index (χ0v) is 11.4. The van der Waals surface area contributed by atoms with E-state index in [9.17, 15) is 4.79 Å². The lowest BCUT2D eigenvalue weighted by Crippen LogP contribution is -2.30. The average molecular weight is 279 g/mol. The monoisotopic (exact) mass is 279 g/mol. The van der Waals surface area contributed by atoms with E-state index in [0.717, 1.165) is 10.9 Å². The minimum absolute atomic E-state index is 0.304. The zero-order chi connectivity index (χ0) is 14.7. The number of carbonyl (C=O) groups is 1. The van der Waals surface area contributed by atoms with Gasteiger partial charge in [0.1, 0.15) is 5.69 Å². The second-order valence-electron chi connectivity index (χ2n) is 4.47. The summed E-state index contributed by atoms with van der Waals surface area (Å²) in [6.45, 7) is 0. The van der Waals surface area contributed by atoms with Crippen molar-refractivity contribution in [1.82, 2.24) is 15.0 Å². The van der Waals surface area contributed by atoms with E-state index in [1.807, 2.05) is 24.3 Å². The summed E-state index contributed by atoms with van der Waals surface area (Å²) in [5.74, 6) is 0.268. The van der Waals surface area contributed by atoms with Crippen LogP contribution in [0.2, 0.25) is 0 Å². The van der Waals surface area contributed by atoms with Gasteiger partial charge >= 0.3 is 5.91 Å². The van der Waals surface area contributed by atoms with Crippen LogP contribution in [0.3, 0.4) is 0 Å². The molecule has 0 spiro atoms. The smallest absolute Gasteiger partial charge is 0.304 e. The van der Waals surface area contributed by atoms with Crippen LogP contribution in [-0.4, -0.2) is 28.0 Å². The molecule has 21 heavy (non-hydrogen) atoms. The van der Waals surface area contributed by atoms with Crippen molar-refractivity contribution < 1.29 is 9.63 Å². The molecule has 0 aliphatic heterocycles. The summed E-state index contributed by atoms with van der Waals surface area (Å²) in [4.78, 5) is 25.9. The van der Waals surface area contributed by atoms with Gasteiger partial charge in [0, 0.05) is 24.8 Å². The fourth-order valence-electron chi connectivity index (χ4n) is 1.96. The van der Waals surface area contributed by atoms with Crippen LogP contribution in [0.25, 0.3) is 10.9 Å². The summed E-state index contributed by atoms with van der Waals surface area (Å²) in [5.41, 5.74) is 1.21. The summed E-state index contributed by atoms with van der Waals surface area (Å²) in [7, 11) is 1.56. The first-order valence-corrected chi connectivity index (χ1v) is 6.46. The molecule has 5 nitrogen and oxygen atoms in total. The number of hydrogen-bond acceptors (Lipinski definition) is 4. The molecule has 3 aromatic rings. The highest BCUT2D eigenvalue weighted by Gasteiger charge is 2.14. The molecule has 3 rings (SSSR count). The highest BCUT2D eigenvalue weighted by Crippen LogP contribution is 2.19. The van der Waals surface area contributed by atoms with Gasteiger partial charge in [0.2, 0.25) is 0 Å². The molecule has 2 aromatic heterocycles. The van der Waals surface area contributed by atoms with Crippen LogP contribution in [0.5, 0.6) is 5.75 Å². The Labute approximate surface area is 121 Å². The van der Waals surface area contributed by atoms with Crippen LogP contribution < -0.4 is 4.84 Å². The van der Waals surface area contributed by atoms with Crippen molar-refractivity contribution in [2.45, 2.75) is 0 Å². The number of rotatable bonds is 3. The molecule has 0 bridgehead atoms. The molecule has 104 valence electrons. The molecule has 0 saturated heterocycles. The number of fused-ring (bicyclic) bond motifs is 1. The molecule has 0 fully saturated rings. The van der Waals surface area contributed by atoms with Crippen molar-refractivity contribution in [2.75, 3.05) is 7.05 Å². The SMILES string of the molecule is CN(Oc1ccc2ncccc2c1)C(=O)c1ccccn1. The van der Waals surface area contributed by atoms with Gasteiger partial charge in [-0.05, 0) is 36.4 Å². The van der Waals surface area contributed by atoms with Gasteiger partial charge in [-0.1, -0.05) is 12.1 Å². The molecule has 2 heterocycles. The van der Waals surface area contributed by atoms with Crippen molar-refractivity contribution >= 4 is 16.8 Å². The van der Waals surface area contributed by atoms with Crippen LogP contribution in [-0.2, 0) is 0 Å². The Bertz CT molecular complexity index is 775. The normalized spacial score (nSPS) is 10.3. The van der Waals surface area contributed by atoms with Crippen LogP contribution in [0.4, 0.5) is 0 Å². The second kappa shape index (κ2) is 5.58. The molecule has 0 atom stereocenters. The Morgan fingerprint density at radius 1 is 1.05 bits per heavy atom. The fourth-order valence-corrected chi connectivity index (χ4v) is 1.96. The van der Waals surface area contributed by atoms with Crippen molar-refractivity contribution in [2.24, 2.45) is 0 Å². The standard InChI is InChI=1S/C16H13N3O2/c1-19(16(20)15-6-2-3-9-18-15)21-13-7-8-14-12(11-13)5-4-10-17-14/h2-11H,1H3. The molecule has 1 amide bonds. The predicted octanol–water partition coefficient (Wildman–Crippen LogP) is 2.70. The van der Waals surface area contributed by atoms with Crippen molar-refractivity contribution in [3.05, 3.63) is 66.6 Å². The van der Waals surface area contributed by atoms with E-state index in [0.29, 0.717) is 11.4 Å². The number of nitrogens with zero attached hydrogens (tertiary/aromatic N) is 3. The Balaban J connectivity index is 1.80. The molecule has 0 aliphatic carbocycles. The van der Waals surface area contributed by atoms with E-state index in [1.165, 1.54) is 5.06 Å². The van der Waals surface area contributed by atoms with Gasteiger partial charge < -0.3 is 4.84 Å². The Kier molecular flexibility index (Phi) is 3.47. The third-order valence-electron chi connectivity index (χ3n) is 2.99. The van der Waals surface area contributed by atoms with Crippen LogP contribution in [0.1, 0.15) is 10.5 Å². The fraction of sp³-hybridized carbons (Fsp3) is 0.0625. The number of amides is 1. The van der Waals surface area contributed by atoms with Crippen molar-refractivity contribution in [3.8, 4) is 5.75 Å². The van der Waals surface area contributed by atoms with Crippen molar-refractivity contribution in [1.29, 1.82) is 0 Å². The number of hydrogen-bond donors (Lipinski definition) is 0. The van der Waals surface area contributed by atoms with Gasteiger partial charge in [-0.3, -0.25) is 14.8 Å². The van der Waals surface area contributed by atoms with E-state index >= 15 is 0 Å². The van der Waals surface area contributed by atoms with E-state index in [4.69, 9.17) is 4.84 Å². The average Bonchev–Trinajstić information content (AvgIpc) is 2.55. The van der Waals surface area contributed by atoms with Gasteiger partial charge in [0.25, 0.3) is 0 Å². The number of aromatic nitrogens is 2. The summed E-state index contributed by atoms with van der Waals surface area (Å²) >= 11 is 0. The van der Waals surface area contributed by atoms with E-state index in [2.05, 4.69) is 9.97 Å². The number of carbonyl (C=O) groups excluding carboxylic acids is 1. The lowest BCUT2D eigenvalue weighted by Gasteiger charge is -2.17. The third-order valence-corrected chi connectivity index (χ3v) is 2.99. The predicted molar refractivity (Wildman–Crippen MR) is 78.7 cm³/mol. The van der Waals surface area contributed by atoms with E-state index in [1.54, 1.807) is 43.7 Å². The van der Waals surface area contributed by atoms with Gasteiger partial charge in [-0.15, -0.1) is 0 Å². The topological polar surface area (TPSA) is 55.3 Å². The van der Waals surface area contributed by atoms with Crippen molar-refractivity contribution in [3.63, 3.8) is 0 Å². The molecule has 0 radical (unpaired) electrons. The van der Waals surface area contributed by atoms with E-state index < -0.39 is 0 Å².